The Morgan fingerprint density at radius 2 is 1.83 bits per heavy atom. The maximum Gasteiger partial charge on any atom is 0.276 e. The van der Waals surface area contributed by atoms with E-state index >= 15 is 0 Å². The van der Waals surface area contributed by atoms with Crippen molar-refractivity contribution in [3.8, 4) is 5.75 Å². The van der Waals surface area contributed by atoms with E-state index in [2.05, 4.69) is 5.32 Å². The van der Waals surface area contributed by atoms with Crippen molar-refractivity contribution < 1.29 is 9.53 Å². The molecule has 0 atom stereocenters. The van der Waals surface area contributed by atoms with Gasteiger partial charge in [0, 0.05) is 0 Å². The molecule has 1 aliphatic heterocycles. The summed E-state index contributed by atoms with van der Waals surface area (Å²) in [5, 5.41) is 3.42. The van der Waals surface area contributed by atoms with Gasteiger partial charge in [-0.1, -0.05) is 42.5 Å². The third kappa shape index (κ3) is 3.40. The molecule has 4 nitrogen and oxygen atoms in total. The number of hydrogen-bond donors (Lipinski definition) is 1. The lowest BCUT2D eigenvalue weighted by Gasteiger charge is -2.13. The van der Waals surface area contributed by atoms with Crippen LogP contribution in [0.1, 0.15) is 11.1 Å². The lowest BCUT2D eigenvalue weighted by Crippen LogP contribution is -2.29. The smallest absolute Gasteiger partial charge is 0.276 e. The van der Waals surface area contributed by atoms with Gasteiger partial charge in [-0.25, -0.2) is 0 Å². The molecule has 1 aliphatic rings. The van der Waals surface area contributed by atoms with E-state index in [1.807, 2.05) is 54.6 Å². The number of thiocarbonyl (C=S) groups is 1. The van der Waals surface area contributed by atoms with Gasteiger partial charge in [0.05, 0.1) is 13.7 Å². The molecule has 1 N–H and O–H groups in total. The van der Waals surface area contributed by atoms with Crippen LogP contribution in [0.25, 0.3) is 6.08 Å². The van der Waals surface area contributed by atoms with E-state index in [0.717, 1.165) is 16.9 Å². The van der Waals surface area contributed by atoms with Crippen LogP contribution >= 0.6 is 12.2 Å². The summed E-state index contributed by atoms with van der Waals surface area (Å²) in [5.74, 6) is 0.661. The highest BCUT2D eigenvalue weighted by atomic mass is 32.1. The van der Waals surface area contributed by atoms with Crippen molar-refractivity contribution in [2.24, 2.45) is 0 Å². The molecule has 0 spiro atoms. The third-order valence-corrected chi connectivity index (χ3v) is 3.90. The lowest BCUT2D eigenvalue weighted by molar-refractivity contribution is -0.122. The second-order valence-electron chi connectivity index (χ2n) is 5.14. The minimum Gasteiger partial charge on any atom is -0.497 e. The first-order valence-corrected chi connectivity index (χ1v) is 7.61. The Kier molecular flexibility index (Phi) is 4.39. The zero-order valence-corrected chi connectivity index (χ0v) is 13.5. The summed E-state index contributed by atoms with van der Waals surface area (Å²) in [6, 6.07) is 17.3. The van der Waals surface area contributed by atoms with Crippen LogP contribution in [0.2, 0.25) is 0 Å². The highest BCUT2D eigenvalue weighted by molar-refractivity contribution is 7.80. The van der Waals surface area contributed by atoms with E-state index in [4.69, 9.17) is 17.0 Å². The summed E-state index contributed by atoms with van der Waals surface area (Å²) in [6.45, 7) is 0.464. The summed E-state index contributed by atoms with van der Waals surface area (Å²) in [6.07, 6.45) is 1.79. The lowest BCUT2D eigenvalue weighted by atomic mass is 10.2. The summed E-state index contributed by atoms with van der Waals surface area (Å²) in [7, 11) is 1.62. The fourth-order valence-electron chi connectivity index (χ4n) is 2.35. The number of methoxy groups -OCH3 is 1. The van der Waals surface area contributed by atoms with Crippen LogP contribution in [-0.2, 0) is 11.3 Å². The van der Waals surface area contributed by atoms with Crippen molar-refractivity contribution in [3.05, 3.63) is 71.4 Å². The van der Waals surface area contributed by atoms with Gasteiger partial charge in [0.2, 0.25) is 0 Å². The molecule has 3 rings (SSSR count). The van der Waals surface area contributed by atoms with Gasteiger partial charge in [0.1, 0.15) is 11.4 Å². The Hall–Kier alpha value is -2.66. The van der Waals surface area contributed by atoms with Gasteiger partial charge in [-0.2, -0.15) is 0 Å². The van der Waals surface area contributed by atoms with E-state index in [9.17, 15) is 4.79 Å². The molecule has 0 unspecified atom stereocenters. The topological polar surface area (TPSA) is 41.6 Å². The first-order valence-electron chi connectivity index (χ1n) is 7.20. The zero-order valence-electron chi connectivity index (χ0n) is 12.7. The number of nitrogens with one attached hydrogen (secondary N) is 1. The Morgan fingerprint density at radius 1 is 1.13 bits per heavy atom. The standard InChI is InChI=1S/C18H16N2O2S/c1-22-15-9-7-13(8-10-15)11-16-17(21)20(18(23)19-16)12-14-5-3-2-4-6-14/h2-11H,12H2,1H3,(H,19,23)/b16-11-. The van der Waals surface area contributed by atoms with Crippen LogP contribution in [0.15, 0.2) is 60.3 Å². The quantitative estimate of drug-likeness (QED) is 0.693. The summed E-state index contributed by atoms with van der Waals surface area (Å²) < 4.78 is 5.13. The number of rotatable bonds is 4. The molecule has 1 amide bonds. The number of hydrogen-bond acceptors (Lipinski definition) is 3. The van der Waals surface area contributed by atoms with Gasteiger partial charge < -0.3 is 10.1 Å². The molecule has 0 radical (unpaired) electrons. The molecule has 0 aromatic heterocycles. The Bertz CT molecular complexity index is 754. The normalized spacial score (nSPS) is 15.9. The molecule has 2 aromatic rings. The molecular weight excluding hydrogens is 308 g/mol. The fourth-order valence-corrected chi connectivity index (χ4v) is 2.61. The zero-order chi connectivity index (χ0) is 16.2. The predicted molar refractivity (Wildman–Crippen MR) is 93.7 cm³/mol. The van der Waals surface area contributed by atoms with Crippen molar-refractivity contribution in [2.45, 2.75) is 6.54 Å². The average Bonchev–Trinajstić information content (AvgIpc) is 2.84. The van der Waals surface area contributed by atoms with E-state index in [-0.39, 0.29) is 5.91 Å². The molecule has 5 heteroatoms. The monoisotopic (exact) mass is 324 g/mol. The number of benzene rings is 2. The molecule has 2 aromatic carbocycles. The van der Waals surface area contributed by atoms with Gasteiger partial charge >= 0.3 is 0 Å². The highest BCUT2D eigenvalue weighted by Crippen LogP contribution is 2.18. The van der Waals surface area contributed by atoms with E-state index in [1.165, 1.54) is 0 Å². The first kappa shape index (κ1) is 15.2. The average molecular weight is 324 g/mol. The van der Waals surface area contributed by atoms with Crippen molar-refractivity contribution in [1.82, 2.24) is 10.2 Å². The number of nitrogens with zero attached hydrogens (tertiary/aromatic N) is 1. The van der Waals surface area contributed by atoms with Crippen LogP contribution in [0.4, 0.5) is 0 Å². The Balaban J connectivity index is 1.78. The fraction of sp³-hybridized carbons (Fsp3) is 0.111. The van der Waals surface area contributed by atoms with Gasteiger partial charge in [-0.15, -0.1) is 0 Å². The summed E-state index contributed by atoms with van der Waals surface area (Å²) in [5.41, 5.74) is 2.43. The molecule has 116 valence electrons. The molecule has 1 heterocycles. The van der Waals surface area contributed by atoms with Crippen LogP contribution in [0.3, 0.4) is 0 Å². The minimum absolute atomic E-state index is 0.116. The van der Waals surface area contributed by atoms with Gasteiger partial charge in [-0.3, -0.25) is 9.69 Å². The van der Waals surface area contributed by atoms with Crippen molar-refractivity contribution in [2.75, 3.05) is 7.11 Å². The van der Waals surface area contributed by atoms with Crippen LogP contribution < -0.4 is 10.1 Å². The summed E-state index contributed by atoms with van der Waals surface area (Å²) >= 11 is 5.28. The maximum atomic E-state index is 12.5. The molecule has 0 saturated carbocycles. The third-order valence-electron chi connectivity index (χ3n) is 3.57. The molecule has 1 fully saturated rings. The highest BCUT2D eigenvalue weighted by Gasteiger charge is 2.30. The molecule has 0 aliphatic carbocycles. The first-order chi connectivity index (χ1) is 11.2. The van der Waals surface area contributed by atoms with E-state index < -0.39 is 0 Å². The number of carbonyl (C=O) groups excluding carboxylic acids is 1. The van der Waals surface area contributed by atoms with Crippen molar-refractivity contribution in [3.63, 3.8) is 0 Å². The number of ether oxygens (including phenoxy) is 1. The van der Waals surface area contributed by atoms with Gasteiger partial charge in [-0.05, 0) is 41.6 Å². The second-order valence-corrected chi connectivity index (χ2v) is 5.52. The number of carbonyl (C=O) groups is 1. The molecular formula is C18H16N2O2S. The Labute approximate surface area is 140 Å². The minimum atomic E-state index is -0.116. The van der Waals surface area contributed by atoms with E-state index in [0.29, 0.717) is 17.4 Å². The van der Waals surface area contributed by atoms with E-state index in [1.54, 1.807) is 18.1 Å². The molecule has 23 heavy (non-hydrogen) atoms. The molecule has 0 bridgehead atoms. The van der Waals surface area contributed by atoms with Crippen LogP contribution in [0, 0.1) is 0 Å². The molecule has 1 saturated heterocycles. The second kappa shape index (κ2) is 6.62. The van der Waals surface area contributed by atoms with Gasteiger partial charge in [0.25, 0.3) is 5.91 Å². The largest absolute Gasteiger partial charge is 0.497 e. The van der Waals surface area contributed by atoms with Crippen LogP contribution in [0.5, 0.6) is 5.75 Å². The summed E-state index contributed by atoms with van der Waals surface area (Å²) in [4.78, 5) is 14.1. The van der Waals surface area contributed by atoms with Gasteiger partial charge in [0.15, 0.2) is 5.11 Å². The number of amides is 1. The van der Waals surface area contributed by atoms with Crippen LogP contribution in [-0.4, -0.2) is 23.0 Å². The van der Waals surface area contributed by atoms with Crippen molar-refractivity contribution >= 4 is 29.3 Å². The van der Waals surface area contributed by atoms with Crippen molar-refractivity contribution in [1.29, 1.82) is 0 Å². The Morgan fingerprint density at radius 3 is 2.48 bits per heavy atom. The maximum absolute atomic E-state index is 12.5. The SMILES string of the molecule is COc1ccc(/C=C2\NC(=S)N(Cc3ccccc3)C2=O)cc1. The predicted octanol–water partition coefficient (Wildman–Crippen LogP) is 2.95.